The SMILES string of the molecule is CC/C=C\C/C=C\C/C=C\C/C=C\C/C=C\CC(=O)OC(CO)COP(=O)(O)OCC(COC(=O)CCCCCCCCCCC/C=C\CCCCCCCC)OC(=O)CCCCCCCCC/C=C\CCCCCCCC. The lowest BCUT2D eigenvalue weighted by molar-refractivity contribution is -0.161. The van der Waals surface area contributed by atoms with Crippen LogP contribution >= 0.6 is 7.82 Å². The molecule has 0 bridgehead atoms. The first kappa shape index (κ1) is 74.7. The molecule has 78 heavy (non-hydrogen) atoms. The van der Waals surface area contributed by atoms with Crippen molar-refractivity contribution in [3.8, 4) is 0 Å². The van der Waals surface area contributed by atoms with Gasteiger partial charge in [-0.15, -0.1) is 0 Å². The molecule has 0 aliphatic heterocycles. The third-order valence-electron chi connectivity index (χ3n) is 13.3. The van der Waals surface area contributed by atoms with E-state index in [1.165, 1.54) is 141 Å². The van der Waals surface area contributed by atoms with E-state index in [0.29, 0.717) is 19.3 Å². The van der Waals surface area contributed by atoms with Crippen molar-refractivity contribution in [1.29, 1.82) is 0 Å². The number of aliphatic hydroxyl groups is 1. The Hall–Kier alpha value is -3.34. The Morgan fingerprint density at radius 3 is 1.12 bits per heavy atom. The van der Waals surface area contributed by atoms with E-state index < -0.39 is 57.8 Å². The van der Waals surface area contributed by atoms with E-state index >= 15 is 0 Å². The van der Waals surface area contributed by atoms with E-state index in [2.05, 4.69) is 81.5 Å². The van der Waals surface area contributed by atoms with Gasteiger partial charge in [-0.25, -0.2) is 4.57 Å². The van der Waals surface area contributed by atoms with Crippen molar-refractivity contribution < 1.29 is 52.2 Å². The summed E-state index contributed by atoms with van der Waals surface area (Å²) in [6.45, 7) is 4.44. The van der Waals surface area contributed by atoms with Gasteiger partial charge < -0.3 is 24.2 Å². The summed E-state index contributed by atoms with van der Waals surface area (Å²) >= 11 is 0. The van der Waals surface area contributed by atoms with Crippen LogP contribution < -0.4 is 0 Å². The van der Waals surface area contributed by atoms with Crippen molar-refractivity contribution in [2.24, 2.45) is 0 Å². The van der Waals surface area contributed by atoms with Crippen LogP contribution in [0.3, 0.4) is 0 Å². The van der Waals surface area contributed by atoms with Gasteiger partial charge in [-0.1, -0.05) is 247 Å². The molecular weight excluding hydrogens is 1000 g/mol. The number of esters is 3. The fraction of sp³-hybridized carbons (Fsp3) is 0.742. The van der Waals surface area contributed by atoms with Crippen LogP contribution in [0.4, 0.5) is 0 Å². The van der Waals surface area contributed by atoms with Gasteiger partial charge in [0.15, 0.2) is 6.10 Å². The number of rotatable bonds is 58. The molecule has 0 aromatic carbocycles. The standard InChI is InChI=1S/C66H115O11P/c1-4-7-10-13-16-19-22-25-28-30-31-33-35-37-40-43-46-49-52-55-64(68)73-59-63(77-66(70)57-54-51-48-45-42-39-36-32-29-26-23-20-17-14-11-8-5-2)61-75-78(71,72)74-60-62(58-67)76-65(69)56-53-50-47-44-41-38-34-27-24-21-18-15-12-9-6-3/h9,12,18,21,25-29,34,41,44,50,53,62-63,67H,4-8,10-11,13-17,19-20,22-24,30-33,35-40,42-43,45-49,51-52,54-61H2,1-3H3,(H,71,72)/b12-9-,21-18-,28-25-,29-26-,34-27-,44-41-,53-50-. The molecule has 12 heteroatoms. The number of ether oxygens (including phenoxy) is 3. The van der Waals surface area contributed by atoms with Crippen LogP contribution in [0.2, 0.25) is 0 Å². The molecule has 0 spiro atoms. The second kappa shape index (κ2) is 59.8. The van der Waals surface area contributed by atoms with Crippen molar-refractivity contribution in [2.45, 2.75) is 290 Å². The Balaban J connectivity index is 4.78. The summed E-state index contributed by atoms with van der Waals surface area (Å²) in [5, 5.41) is 9.81. The number of allylic oxidation sites excluding steroid dienone is 13. The lowest BCUT2D eigenvalue weighted by atomic mass is 10.1. The molecule has 450 valence electrons. The number of carbonyl (C=O) groups is 3. The van der Waals surface area contributed by atoms with E-state index in [4.69, 9.17) is 23.3 Å². The number of hydrogen-bond acceptors (Lipinski definition) is 10. The van der Waals surface area contributed by atoms with Crippen LogP contribution in [0.15, 0.2) is 85.1 Å². The van der Waals surface area contributed by atoms with E-state index in [1.54, 1.807) is 6.08 Å². The first-order chi connectivity index (χ1) is 38.2. The molecule has 11 nitrogen and oxygen atoms in total. The van der Waals surface area contributed by atoms with Crippen LogP contribution in [-0.4, -0.2) is 66.5 Å². The molecular formula is C66H115O11P. The molecule has 0 fully saturated rings. The first-order valence-corrected chi connectivity index (χ1v) is 33.0. The molecule has 0 rings (SSSR count). The summed E-state index contributed by atoms with van der Waals surface area (Å²) in [7, 11) is -4.78. The second-order valence-corrected chi connectivity index (χ2v) is 22.3. The Morgan fingerprint density at radius 1 is 0.385 bits per heavy atom. The Bertz CT molecular complexity index is 1630. The number of unbranched alkanes of at least 4 members (excludes halogenated alkanes) is 28. The number of hydrogen-bond donors (Lipinski definition) is 2. The van der Waals surface area contributed by atoms with Crippen molar-refractivity contribution >= 4 is 25.7 Å². The van der Waals surface area contributed by atoms with Gasteiger partial charge in [-0.05, 0) is 96.3 Å². The van der Waals surface area contributed by atoms with Gasteiger partial charge in [0.25, 0.3) is 0 Å². The fourth-order valence-electron chi connectivity index (χ4n) is 8.54. The quantitative estimate of drug-likeness (QED) is 0.0197. The number of phosphoric acid groups is 1. The highest BCUT2D eigenvalue weighted by Gasteiger charge is 2.28. The molecule has 0 heterocycles. The summed E-state index contributed by atoms with van der Waals surface area (Å²) in [4.78, 5) is 48.6. The fourth-order valence-corrected chi connectivity index (χ4v) is 9.32. The Morgan fingerprint density at radius 2 is 0.718 bits per heavy atom. The highest BCUT2D eigenvalue weighted by Crippen LogP contribution is 2.43. The number of carbonyl (C=O) groups excluding carboxylic acids is 3. The van der Waals surface area contributed by atoms with Gasteiger partial charge in [0.1, 0.15) is 12.7 Å². The largest absolute Gasteiger partial charge is 0.472 e. The molecule has 0 saturated heterocycles. The zero-order valence-corrected chi connectivity index (χ0v) is 50.8. The van der Waals surface area contributed by atoms with Gasteiger partial charge >= 0.3 is 25.7 Å². The van der Waals surface area contributed by atoms with Crippen LogP contribution in [0.1, 0.15) is 278 Å². The monoisotopic (exact) mass is 1110 g/mol. The minimum Gasteiger partial charge on any atom is -0.462 e. The maximum absolute atomic E-state index is 12.9. The average Bonchev–Trinajstić information content (AvgIpc) is 3.43. The molecule has 2 N–H and O–H groups in total. The van der Waals surface area contributed by atoms with Gasteiger partial charge in [0.2, 0.25) is 0 Å². The average molecular weight is 1120 g/mol. The van der Waals surface area contributed by atoms with Gasteiger partial charge in [0.05, 0.1) is 26.2 Å². The lowest BCUT2D eigenvalue weighted by Gasteiger charge is -2.21. The van der Waals surface area contributed by atoms with Crippen molar-refractivity contribution in [3.63, 3.8) is 0 Å². The summed E-state index contributed by atoms with van der Waals surface area (Å²) in [5.74, 6) is -1.60. The summed E-state index contributed by atoms with van der Waals surface area (Å²) in [6, 6.07) is 0. The third-order valence-corrected chi connectivity index (χ3v) is 14.3. The van der Waals surface area contributed by atoms with Gasteiger partial charge in [0, 0.05) is 12.8 Å². The molecule has 3 unspecified atom stereocenters. The van der Waals surface area contributed by atoms with Crippen molar-refractivity contribution in [1.82, 2.24) is 0 Å². The smallest absolute Gasteiger partial charge is 0.462 e. The first-order valence-electron chi connectivity index (χ1n) is 31.5. The lowest BCUT2D eigenvalue weighted by Crippen LogP contribution is -2.30. The number of phosphoric ester groups is 1. The van der Waals surface area contributed by atoms with E-state index in [9.17, 15) is 28.9 Å². The normalized spacial score (nSPS) is 13.9. The van der Waals surface area contributed by atoms with Crippen molar-refractivity contribution in [3.05, 3.63) is 85.1 Å². The van der Waals surface area contributed by atoms with Crippen LogP contribution in [0.5, 0.6) is 0 Å². The van der Waals surface area contributed by atoms with Gasteiger partial charge in [-0.2, -0.15) is 0 Å². The third kappa shape index (κ3) is 57.3. The topological polar surface area (TPSA) is 155 Å². The highest BCUT2D eigenvalue weighted by atomic mass is 31.2. The maximum atomic E-state index is 12.9. The molecule has 0 aromatic heterocycles. The zero-order chi connectivity index (χ0) is 56.9. The molecule has 3 atom stereocenters. The highest BCUT2D eigenvalue weighted by molar-refractivity contribution is 7.47. The zero-order valence-electron chi connectivity index (χ0n) is 49.9. The van der Waals surface area contributed by atoms with E-state index in [-0.39, 0.29) is 25.9 Å². The summed E-state index contributed by atoms with van der Waals surface area (Å²) in [5.41, 5.74) is 0. The predicted molar refractivity (Wildman–Crippen MR) is 325 cm³/mol. The van der Waals surface area contributed by atoms with E-state index in [0.717, 1.165) is 77.0 Å². The second-order valence-electron chi connectivity index (χ2n) is 20.9. The molecule has 0 aromatic rings. The molecule has 0 aliphatic carbocycles. The molecule has 0 aliphatic rings. The van der Waals surface area contributed by atoms with E-state index in [1.807, 2.05) is 18.2 Å². The van der Waals surface area contributed by atoms with Gasteiger partial charge in [-0.3, -0.25) is 23.4 Å². The molecule has 0 saturated carbocycles. The molecule has 0 radical (unpaired) electrons. The minimum absolute atomic E-state index is 0.0570. The van der Waals surface area contributed by atoms with Crippen molar-refractivity contribution in [2.75, 3.05) is 26.4 Å². The minimum atomic E-state index is -4.78. The van der Waals surface area contributed by atoms with Crippen LogP contribution in [0.25, 0.3) is 0 Å². The molecule has 0 amide bonds. The summed E-state index contributed by atoms with van der Waals surface area (Å²) in [6.07, 6.45) is 69.9. The van der Waals surface area contributed by atoms with Crippen LogP contribution in [-0.2, 0) is 42.2 Å². The predicted octanol–water partition coefficient (Wildman–Crippen LogP) is 19.0. The Kier molecular flexibility index (Phi) is 57.2. The summed E-state index contributed by atoms with van der Waals surface area (Å²) < 4.78 is 39.5. The number of aliphatic hydroxyl groups excluding tert-OH is 1. The maximum Gasteiger partial charge on any atom is 0.472 e. The Labute approximate surface area is 477 Å². The van der Waals surface area contributed by atoms with Crippen LogP contribution in [0, 0.1) is 0 Å².